The van der Waals surface area contributed by atoms with Crippen molar-refractivity contribution in [2.45, 2.75) is 38.5 Å². The Labute approximate surface area is 125 Å². The normalized spacial score (nSPS) is 14.9. The van der Waals surface area contributed by atoms with Crippen molar-refractivity contribution in [2.75, 3.05) is 5.73 Å². The molecule has 1 aliphatic rings. The molecule has 0 fully saturated rings. The van der Waals surface area contributed by atoms with Gasteiger partial charge in [-0.2, -0.15) is 5.26 Å². The first-order valence-electron chi connectivity index (χ1n) is 7.55. The van der Waals surface area contributed by atoms with Crippen molar-refractivity contribution in [1.82, 2.24) is 9.55 Å². The molecule has 4 heteroatoms. The van der Waals surface area contributed by atoms with Crippen molar-refractivity contribution in [3.8, 4) is 17.3 Å². The minimum atomic E-state index is 0.369. The van der Waals surface area contributed by atoms with E-state index in [1.165, 1.54) is 18.4 Å². The fourth-order valence-corrected chi connectivity index (χ4v) is 3.23. The van der Waals surface area contributed by atoms with Gasteiger partial charge in [0.25, 0.3) is 0 Å². The maximum atomic E-state index is 9.54. The number of nitrogens with zero attached hydrogens (tertiary/aromatic N) is 3. The molecule has 1 aliphatic carbocycles. The van der Waals surface area contributed by atoms with Gasteiger partial charge in [-0.3, -0.25) is 0 Å². The van der Waals surface area contributed by atoms with Crippen molar-refractivity contribution < 1.29 is 0 Å². The molecule has 0 radical (unpaired) electrons. The smallest absolute Gasteiger partial charge is 0.142 e. The van der Waals surface area contributed by atoms with Crippen LogP contribution in [-0.4, -0.2) is 9.55 Å². The van der Waals surface area contributed by atoms with Crippen LogP contribution in [0.2, 0.25) is 0 Å². The van der Waals surface area contributed by atoms with Gasteiger partial charge in [0.1, 0.15) is 17.5 Å². The molecule has 0 unspecified atom stereocenters. The average Bonchev–Trinajstić information content (AvgIpc) is 2.86. The van der Waals surface area contributed by atoms with Crippen LogP contribution >= 0.6 is 0 Å². The minimum Gasteiger partial charge on any atom is -0.383 e. The summed E-state index contributed by atoms with van der Waals surface area (Å²) < 4.78 is 2.05. The molecule has 0 aromatic carbocycles. The SMILES string of the molecule is Cn1cccc1-c1c(C#N)c(N)nc2c1CCCCCC2. The summed E-state index contributed by atoms with van der Waals surface area (Å²) in [5.41, 5.74) is 10.9. The third-order valence-electron chi connectivity index (χ3n) is 4.31. The van der Waals surface area contributed by atoms with Crippen LogP contribution in [-0.2, 0) is 19.9 Å². The molecule has 4 nitrogen and oxygen atoms in total. The standard InChI is InChI=1S/C17H20N4/c1-21-10-6-9-15(21)16-12-7-4-2-3-5-8-14(12)20-17(19)13(16)11-18/h6,9-10H,2-5,7-8H2,1H3,(H2,19,20). The first-order chi connectivity index (χ1) is 10.2. The van der Waals surface area contributed by atoms with Gasteiger partial charge in [-0.15, -0.1) is 0 Å². The molecule has 2 N–H and O–H groups in total. The van der Waals surface area contributed by atoms with E-state index in [-0.39, 0.29) is 0 Å². The monoisotopic (exact) mass is 280 g/mol. The first-order valence-corrected chi connectivity index (χ1v) is 7.55. The molecule has 2 aromatic rings. The first kappa shape index (κ1) is 13.7. The van der Waals surface area contributed by atoms with Crippen LogP contribution in [0.25, 0.3) is 11.3 Å². The number of fused-ring (bicyclic) bond motifs is 1. The number of aryl methyl sites for hydroxylation is 2. The lowest BCUT2D eigenvalue weighted by molar-refractivity contribution is 0.609. The molecule has 0 saturated carbocycles. The Bertz CT molecular complexity index is 706. The second-order valence-corrected chi connectivity index (χ2v) is 5.70. The molecule has 0 aliphatic heterocycles. The zero-order valence-electron chi connectivity index (χ0n) is 12.4. The lowest BCUT2D eigenvalue weighted by Gasteiger charge is -2.19. The molecule has 0 bridgehead atoms. The topological polar surface area (TPSA) is 67.6 Å². The Morgan fingerprint density at radius 3 is 2.67 bits per heavy atom. The molecule has 2 heterocycles. The van der Waals surface area contributed by atoms with Crippen LogP contribution in [0.15, 0.2) is 18.3 Å². The van der Waals surface area contributed by atoms with E-state index in [2.05, 4.69) is 21.7 Å². The summed E-state index contributed by atoms with van der Waals surface area (Å²) in [5, 5.41) is 9.54. The molecular formula is C17H20N4. The van der Waals surface area contributed by atoms with Gasteiger partial charge in [0.2, 0.25) is 0 Å². The van der Waals surface area contributed by atoms with E-state index in [1.807, 2.05) is 19.3 Å². The van der Waals surface area contributed by atoms with Crippen LogP contribution < -0.4 is 5.73 Å². The van der Waals surface area contributed by atoms with Gasteiger partial charge in [0.05, 0.1) is 0 Å². The molecule has 0 saturated heterocycles. The van der Waals surface area contributed by atoms with Crippen LogP contribution in [0.5, 0.6) is 0 Å². The van der Waals surface area contributed by atoms with Gasteiger partial charge in [0, 0.05) is 30.2 Å². The molecule has 0 amide bonds. The Morgan fingerprint density at radius 2 is 2.00 bits per heavy atom. The van der Waals surface area contributed by atoms with E-state index in [9.17, 15) is 5.26 Å². The van der Waals surface area contributed by atoms with E-state index in [4.69, 9.17) is 5.73 Å². The van der Waals surface area contributed by atoms with Gasteiger partial charge in [-0.1, -0.05) is 12.8 Å². The van der Waals surface area contributed by atoms with Crippen molar-refractivity contribution in [3.05, 3.63) is 35.2 Å². The summed E-state index contributed by atoms with van der Waals surface area (Å²) >= 11 is 0. The zero-order chi connectivity index (χ0) is 14.8. The Balaban J connectivity index is 2.29. The van der Waals surface area contributed by atoms with Crippen molar-refractivity contribution in [2.24, 2.45) is 7.05 Å². The van der Waals surface area contributed by atoms with Crippen LogP contribution in [0.3, 0.4) is 0 Å². The van der Waals surface area contributed by atoms with E-state index in [1.54, 1.807) is 0 Å². The number of anilines is 1. The number of pyridine rings is 1. The quantitative estimate of drug-likeness (QED) is 0.872. The average molecular weight is 280 g/mol. The van der Waals surface area contributed by atoms with E-state index >= 15 is 0 Å². The highest BCUT2D eigenvalue weighted by Crippen LogP contribution is 2.34. The molecule has 3 rings (SSSR count). The Morgan fingerprint density at radius 1 is 1.24 bits per heavy atom. The number of nitrogen functional groups attached to an aromatic ring is 1. The summed E-state index contributed by atoms with van der Waals surface area (Å²) in [6.45, 7) is 0. The minimum absolute atomic E-state index is 0.369. The van der Waals surface area contributed by atoms with Crippen molar-refractivity contribution >= 4 is 5.82 Å². The molecular weight excluding hydrogens is 260 g/mol. The van der Waals surface area contributed by atoms with Gasteiger partial charge in [-0.25, -0.2) is 4.98 Å². The fourth-order valence-electron chi connectivity index (χ4n) is 3.23. The number of nitrogens with two attached hydrogens (primary N) is 1. The number of aromatic nitrogens is 2. The largest absolute Gasteiger partial charge is 0.383 e. The zero-order valence-corrected chi connectivity index (χ0v) is 12.4. The van der Waals surface area contributed by atoms with Gasteiger partial charge >= 0.3 is 0 Å². The molecule has 108 valence electrons. The summed E-state index contributed by atoms with van der Waals surface area (Å²) in [6, 6.07) is 6.32. The predicted octanol–water partition coefficient (Wildman–Crippen LogP) is 3.20. The number of rotatable bonds is 1. The second kappa shape index (κ2) is 5.61. The summed E-state index contributed by atoms with van der Waals surface area (Å²) in [7, 11) is 2.00. The predicted molar refractivity (Wildman–Crippen MR) is 83.6 cm³/mol. The summed E-state index contributed by atoms with van der Waals surface area (Å²) in [5.74, 6) is 0.369. The second-order valence-electron chi connectivity index (χ2n) is 5.70. The Hall–Kier alpha value is -2.28. The molecule has 0 spiro atoms. The van der Waals surface area contributed by atoms with E-state index in [0.717, 1.165) is 42.6 Å². The van der Waals surface area contributed by atoms with Crippen molar-refractivity contribution in [3.63, 3.8) is 0 Å². The van der Waals surface area contributed by atoms with Gasteiger partial charge in [0.15, 0.2) is 0 Å². The fraction of sp³-hybridized carbons (Fsp3) is 0.412. The third kappa shape index (κ3) is 2.40. The summed E-state index contributed by atoms with van der Waals surface area (Å²) in [4.78, 5) is 4.53. The van der Waals surface area contributed by atoms with Crippen LogP contribution in [0, 0.1) is 11.3 Å². The number of hydrogen-bond donors (Lipinski definition) is 1. The number of nitriles is 1. The highest BCUT2D eigenvalue weighted by Gasteiger charge is 2.21. The maximum Gasteiger partial charge on any atom is 0.142 e. The highest BCUT2D eigenvalue weighted by atomic mass is 14.9. The van der Waals surface area contributed by atoms with E-state index < -0.39 is 0 Å². The van der Waals surface area contributed by atoms with Crippen molar-refractivity contribution in [1.29, 1.82) is 5.26 Å². The number of hydrogen-bond acceptors (Lipinski definition) is 3. The lowest BCUT2D eigenvalue weighted by atomic mass is 9.90. The van der Waals surface area contributed by atoms with Gasteiger partial charge in [-0.05, 0) is 43.4 Å². The Kier molecular flexibility index (Phi) is 3.66. The van der Waals surface area contributed by atoms with E-state index in [0.29, 0.717) is 11.4 Å². The summed E-state index contributed by atoms with van der Waals surface area (Å²) in [6.07, 6.45) is 8.75. The highest BCUT2D eigenvalue weighted by molar-refractivity contribution is 5.77. The van der Waals surface area contributed by atoms with Gasteiger partial charge < -0.3 is 10.3 Å². The molecule has 21 heavy (non-hydrogen) atoms. The molecule has 0 atom stereocenters. The third-order valence-corrected chi connectivity index (χ3v) is 4.31. The lowest BCUT2D eigenvalue weighted by Crippen LogP contribution is -2.11. The molecule has 2 aromatic heterocycles. The van der Waals surface area contributed by atoms with Crippen LogP contribution in [0.4, 0.5) is 5.82 Å². The maximum absolute atomic E-state index is 9.54. The van der Waals surface area contributed by atoms with Crippen LogP contribution in [0.1, 0.15) is 42.5 Å².